The Labute approximate surface area is 161 Å². The van der Waals surface area contributed by atoms with Crippen molar-refractivity contribution in [2.24, 2.45) is 0 Å². The Morgan fingerprint density at radius 1 is 1.00 bits per heavy atom. The third kappa shape index (κ3) is 3.96. The van der Waals surface area contributed by atoms with Crippen LogP contribution < -0.4 is 0 Å². The minimum Gasteiger partial charge on any atom is -0.297 e. The molecule has 3 heterocycles. The zero-order valence-electron chi connectivity index (χ0n) is 16.5. The second kappa shape index (κ2) is 7.65. The zero-order valence-corrected chi connectivity index (χ0v) is 16.5. The summed E-state index contributed by atoms with van der Waals surface area (Å²) in [7, 11) is 0. The van der Waals surface area contributed by atoms with Crippen molar-refractivity contribution in [1.29, 1.82) is 0 Å². The molecule has 0 N–H and O–H groups in total. The summed E-state index contributed by atoms with van der Waals surface area (Å²) in [5.74, 6) is 0. The highest BCUT2D eigenvalue weighted by Gasteiger charge is 2.19. The molecule has 4 rings (SSSR count). The van der Waals surface area contributed by atoms with E-state index in [9.17, 15) is 0 Å². The largest absolute Gasteiger partial charge is 0.297 e. The molecular formula is C23H28N4. The predicted molar refractivity (Wildman–Crippen MR) is 110 cm³/mol. The van der Waals surface area contributed by atoms with Gasteiger partial charge in [0.15, 0.2) is 0 Å². The number of likely N-dealkylation sites (tertiary alicyclic amines) is 1. The van der Waals surface area contributed by atoms with Crippen molar-refractivity contribution in [3.63, 3.8) is 0 Å². The first kappa shape index (κ1) is 17.9. The molecule has 1 aromatic carbocycles. The molecule has 0 aliphatic carbocycles. The van der Waals surface area contributed by atoms with Crippen molar-refractivity contribution in [2.45, 2.75) is 46.2 Å². The minimum absolute atomic E-state index is 0.498. The lowest BCUT2D eigenvalue weighted by molar-refractivity contribution is 0.263. The molecule has 0 radical (unpaired) electrons. The van der Waals surface area contributed by atoms with Crippen molar-refractivity contribution in [2.75, 3.05) is 13.1 Å². The molecule has 0 unspecified atom stereocenters. The second-order valence-corrected chi connectivity index (χ2v) is 7.68. The van der Waals surface area contributed by atoms with Crippen LogP contribution >= 0.6 is 0 Å². The van der Waals surface area contributed by atoms with E-state index in [1.165, 1.54) is 48.3 Å². The Kier molecular flexibility index (Phi) is 5.08. The Balaban J connectivity index is 1.46. The third-order valence-electron chi connectivity index (χ3n) is 5.64. The van der Waals surface area contributed by atoms with E-state index >= 15 is 0 Å². The van der Waals surface area contributed by atoms with Crippen molar-refractivity contribution < 1.29 is 0 Å². The van der Waals surface area contributed by atoms with Gasteiger partial charge in [0.05, 0.1) is 17.9 Å². The number of aryl methyl sites for hydroxylation is 2. The summed E-state index contributed by atoms with van der Waals surface area (Å²) < 4.78 is 2.03. The summed E-state index contributed by atoms with van der Waals surface area (Å²) >= 11 is 0. The van der Waals surface area contributed by atoms with Gasteiger partial charge in [0, 0.05) is 23.5 Å². The molecule has 1 atom stereocenters. The molecule has 27 heavy (non-hydrogen) atoms. The molecule has 3 aromatic rings. The van der Waals surface area contributed by atoms with Gasteiger partial charge in [0.1, 0.15) is 0 Å². The normalized spacial score (nSPS) is 16.0. The van der Waals surface area contributed by atoms with E-state index in [2.05, 4.69) is 71.3 Å². The maximum atomic E-state index is 4.68. The summed E-state index contributed by atoms with van der Waals surface area (Å²) in [6, 6.07) is 15.8. The number of rotatable bonds is 5. The molecule has 1 aliphatic heterocycles. The summed E-state index contributed by atoms with van der Waals surface area (Å²) in [6.45, 7) is 9.64. The smallest absolute Gasteiger partial charge is 0.0702 e. The van der Waals surface area contributed by atoms with E-state index < -0.39 is 0 Å². The summed E-state index contributed by atoms with van der Waals surface area (Å²) in [4.78, 5) is 7.25. The molecule has 0 bridgehead atoms. The van der Waals surface area contributed by atoms with Crippen LogP contribution in [0.3, 0.4) is 0 Å². The lowest BCUT2D eigenvalue weighted by Crippen LogP contribution is -2.23. The lowest BCUT2D eigenvalue weighted by atomic mass is 10.0. The molecule has 0 spiro atoms. The van der Waals surface area contributed by atoms with E-state index in [0.717, 1.165) is 17.9 Å². The number of benzene rings is 1. The van der Waals surface area contributed by atoms with Gasteiger partial charge in [0.25, 0.3) is 0 Å². The Morgan fingerprint density at radius 3 is 2.33 bits per heavy atom. The fourth-order valence-corrected chi connectivity index (χ4v) is 3.97. The van der Waals surface area contributed by atoms with Gasteiger partial charge in [-0.15, -0.1) is 0 Å². The van der Waals surface area contributed by atoms with E-state index in [1.54, 1.807) is 0 Å². The van der Waals surface area contributed by atoms with Gasteiger partial charge in [-0.3, -0.25) is 14.6 Å². The summed E-state index contributed by atoms with van der Waals surface area (Å²) in [5.41, 5.74) is 6.99. The van der Waals surface area contributed by atoms with Gasteiger partial charge in [-0.25, -0.2) is 0 Å². The first-order valence-electron chi connectivity index (χ1n) is 9.90. The Morgan fingerprint density at radius 2 is 1.74 bits per heavy atom. The van der Waals surface area contributed by atoms with Crippen LogP contribution in [-0.4, -0.2) is 32.8 Å². The molecule has 1 saturated heterocycles. The van der Waals surface area contributed by atoms with Crippen LogP contribution in [0.15, 0.2) is 48.7 Å². The second-order valence-electron chi connectivity index (χ2n) is 7.68. The van der Waals surface area contributed by atoms with Gasteiger partial charge < -0.3 is 0 Å². The number of hydrogen-bond acceptors (Lipinski definition) is 3. The van der Waals surface area contributed by atoms with Gasteiger partial charge in [0.2, 0.25) is 0 Å². The van der Waals surface area contributed by atoms with Crippen LogP contribution in [0.5, 0.6) is 0 Å². The minimum atomic E-state index is 0.498. The van der Waals surface area contributed by atoms with Gasteiger partial charge in [-0.1, -0.05) is 30.3 Å². The number of hydrogen-bond donors (Lipinski definition) is 0. The molecule has 1 fully saturated rings. The number of pyridine rings is 1. The standard InChI is InChI=1S/C23H28N4/c1-17-14-18(2)27(25-17)16-20-6-11-23(24-15-20)22-9-7-21(8-10-22)19(3)26-12-4-5-13-26/h6-11,14-15,19H,4-5,12-13,16H2,1-3H3/t19-/m1/s1. The van der Waals surface area contributed by atoms with Gasteiger partial charge in [-0.05, 0) is 70.0 Å². The highest BCUT2D eigenvalue weighted by molar-refractivity contribution is 5.59. The monoisotopic (exact) mass is 360 g/mol. The number of nitrogens with zero attached hydrogens (tertiary/aromatic N) is 4. The Bertz CT molecular complexity index is 887. The molecule has 4 nitrogen and oxygen atoms in total. The van der Waals surface area contributed by atoms with Crippen molar-refractivity contribution in [3.8, 4) is 11.3 Å². The molecule has 0 saturated carbocycles. The lowest BCUT2D eigenvalue weighted by Gasteiger charge is -2.24. The SMILES string of the molecule is Cc1cc(C)n(Cc2ccc(-c3ccc([C@@H](C)N4CCCC4)cc3)nc2)n1. The molecule has 1 aliphatic rings. The topological polar surface area (TPSA) is 34.0 Å². The van der Waals surface area contributed by atoms with Crippen LogP contribution in [-0.2, 0) is 6.54 Å². The number of aromatic nitrogens is 3. The van der Waals surface area contributed by atoms with Gasteiger partial charge in [-0.2, -0.15) is 5.10 Å². The quantitative estimate of drug-likeness (QED) is 0.657. The predicted octanol–water partition coefficient (Wildman–Crippen LogP) is 4.77. The summed E-state index contributed by atoms with van der Waals surface area (Å²) in [5, 5.41) is 4.53. The molecule has 0 amide bonds. The molecular weight excluding hydrogens is 332 g/mol. The maximum Gasteiger partial charge on any atom is 0.0702 e. The maximum absolute atomic E-state index is 4.68. The van der Waals surface area contributed by atoms with Crippen molar-refractivity contribution in [1.82, 2.24) is 19.7 Å². The highest BCUT2D eigenvalue weighted by Crippen LogP contribution is 2.26. The van der Waals surface area contributed by atoms with E-state index in [1.807, 2.05) is 17.8 Å². The fraction of sp³-hybridized carbons (Fsp3) is 0.391. The molecule has 140 valence electrons. The average Bonchev–Trinajstić information content (AvgIpc) is 3.32. The first-order chi connectivity index (χ1) is 13.1. The third-order valence-corrected chi connectivity index (χ3v) is 5.64. The van der Waals surface area contributed by atoms with Gasteiger partial charge >= 0.3 is 0 Å². The van der Waals surface area contributed by atoms with E-state index in [4.69, 9.17) is 0 Å². The zero-order chi connectivity index (χ0) is 18.8. The van der Waals surface area contributed by atoms with Crippen molar-refractivity contribution >= 4 is 0 Å². The van der Waals surface area contributed by atoms with Crippen LogP contribution in [0.4, 0.5) is 0 Å². The van der Waals surface area contributed by atoms with Crippen LogP contribution in [0.1, 0.15) is 48.3 Å². The van der Waals surface area contributed by atoms with E-state index in [0.29, 0.717) is 6.04 Å². The summed E-state index contributed by atoms with van der Waals surface area (Å²) in [6.07, 6.45) is 4.62. The van der Waals surface area contributed by atoms with Crippen molar-refractivity contribution in [3.05, 3.63) is 71.2 Å². The molecule has 4 heteroatoms. The highest BCUT2D eigenvalue weighted by atomic mass is 15.3. The van der Waals surface area contributed by atoms with Crippen LogP contribution in [0.25, 0.3) is 11.3 Å². The van der Waals surface area contributed by atoms with Crippen LogP contribution in [0.2, 0.25) is 0 Å². The van der Waals surface area contributed by atoms with E-state index in [-0.39, 0.29) is 0 Å². The molecule has 2 aromatic heterocycles. The Hall–Kier alpha value is -2.46. The average molecular weight is 361 g/mol. The van der Waals surface area contributed by atoms with Crippen LogP contribution in [0, 0.1) is 13.8 Å². The first-order valence-corrected chi connectivity index (χ1v) is 9.90. The fourth-order valence-electron chi connectivity index (χ4n) is 3.97.